The summed E-state index contributed by atoms with van der Waals surface area (Å²) in [5.41, 5.74) is 2.08. The average Bonchev–Trinajstić information content (AvgIpc) is 3.05. The molecule has 1 aromatic heterocycles. The number of rotatable bonds is 4. The van der Waals surface area contributed by atoms with Gasteiger partial charge in [0.25, 0.3) is 0 Å². The number of aromatic nitrogens is 4. The number of benzene rings is 1. The van der Waals surface area contributed by atoms with Crippen LogP contribution < -0.4 is 5.32 Å². The van der Waals surface area contributed by atoms with E-state index in [1.165, 1.54) is 0 Å². The third-order valence-electron chi connectivity index (χ3n) is 3.75. The monoisotopic (exact) mass is 282 g/mol. The molecule has 0 aliphatic carbocycles. The smallest absolute Gasteiger partial charge is 0.143 e. The molecule has 0 amide bonds. The van der Waals surface area contributed by atoms with E-state index >= 15 is 0 Å². The second kappa shape index (κ2) is 6.37. The fraction of sp³-hybridized carbons (Fsp3) is 0.400. The summed E-state index contributed by atoms with van der Waals surface area (Å²) in [6.07, 6.45) is 9.18. The fourth-order valence-corrected chi connectivity index (χ4v) is 2.59. The lowest BCUT2D eigenvalue weighted by molar-refractivity contribution is 0.243. The van der Waals surface area contributed by atoms with Crippen molar-refractivity contribution in [2.24, 2.45) is 0 Å². The van der Waals surface area contributed by atoms with Gasteiger partial charge < -0.3 is 5.32 Å². The first kappa shape index (κ1) is 13.6. The van der Waals surface area contributed by atoms with Crippen LogP contribution in [0.1, 0.15) is 12.8 Å². The van der Waals surface area contributed by atoms with Gasteiger partial charge in [-0.3, -0.25) is 4.90 Å². The Kier molecular flexibility index (Phi) is 4.12. The number of nitrogens with zero attached hydrogens (tertiary/aromatic N) is 5. The van der Waals surface area contributed by atoms with Crippen LogP contribution in [0.25, 0.3) is 5.69 Å². The van der Waals surface area contributed by atoms with E-state index in [-0.39, 0.29) is 0 Å². The zero-order valence-electron chi connectivity index (χ0n) is 11.8. The van der Waals surface area contributed by atoms with Crippen LogP contribution >= 0.6 is 0 Å². The molecule has 0 atom stereocenters. The molecule has 1 saturated heterocycles. The molecule has 0 saturated carbocycles. The van der Waals surface area contributed by atoms with Crippen LogP contribution in [0.5, 0.6) is 0 Å². The predicted octanol–water partition coefficient (Wildman–Crippen LogP) is 1.17. The first-order valence-corrected chi connectivity index (χ1v) is 7.11. The Labute approximate surface area is 124 Å². The third-order valence-corrected chi connectivity index (χ3v) is 3.75. The first-order chi connectivity index (χ1) is 10.3. The maximum absolute atomic E-state index is 5.35. The summed E-state index contributed by atoms with van der Waals surface area (Å²) in [5, 5.41) is 14.7. The third kappa shape index (κ3) is 3.38. The number of nitrogens with one attached hydrogen (secondary N) is 1. The molecule has 1 fully saturated rings. The lowest BCUT2D eigenvalue weighted by Gasteiger charge is -2.31. The minimum absolute atomic E-state index is 0.512. The van der Waals surface area contributed by atoms with E-state index < -0.39 is 0 Å². The molecular weight excluding hydrogens is 264 g/mol. The van der Waals surface area contributed by atoms with E-state index in [4.69, 9.17) is 6.42 Å². The van der Waals surface area contributed by atoms with Crippen molar-refractivity contribution in [3.63, 3.8) is 0 Å². The Hall–Kier alpha value is -2.39. The number of hydrogen-bond acceptors (Lipinski definition) is 5. The lowest BCUT2D eigenvalue weighted by atomic mass is 10.0. The van der Waals surface area contributed by atoms with E-state index in [0.29, 0.717) is 6.04 Å². The van der Waals surface area contributed by atoms with Gasteiger partial charge in [-0.05, 0) is 47.5 Å². The molecule has 6 nitrogen and oxygen atoms in total. The molecular formula is C15H18N6. The topological polar surface area (TPSA) is 58.9 Å². The van der Waals surface area contributed by atoms with E-state index in [1.807, 2.05) is 12.1 Å². The minimum Gasteiger partial charge on any atom is -0.382 e. The Morgan fingerprint density at radius 2 is 2.00 bits per heavy atom. The van der Waals surface area contributed by atoms with Crippen molar-refractivity contribution in [2.75, 3.05) is 25.0 Å². The summed E-state index contributed by atoms with van der Waals surface area (Å²) in [5.74, 6) is 2.71. The summed E-state index contributed by atoms with van der Waals surface area (Å²) < 4.78 is 1.64. The Bertz CT molecular complexity index is 590. The highest BCUT2D eigenvalue weighted by Crippen LogP contribution is 2.18. The number of likely N-dealkylation sites (tertiary alicyclic amines) is 1. The molecule has 1 aliphatic heterocycles. The SMILES string of the molecule is C#CCN1CCC(Nc2ccc(-n3cnnn3)cc2)CC1. The Balaban J connectivity index is 1.56. The molecule has 1 aliphatic rings. The van der Waals surface area contributed by atoms with Crippen molar-refractivity contribution < 1.29 is 0 Å². The van der Waals surface area contributed by atoms with Crippen LogP contribution in [0.4, 0.5) is 5.69 Å². The van der Waals surface area contributed by atoms with E-state index in [1.54, 1.807) is 11.0 Å². The van der Waals surface area contributed by atoms with Gasteiger partial charge in [-0.2, -0.15) is 0 Å². The predicted molar refractivity (Wildman–Crippen MR) is 81.1 cm³/mol. The summed E-state index contributed by atoms with van der Waals surface area (Å²) in [4.78, 5) is 2.32. The summed E-state index contributed by atoms with van der Waals surface area (Å²) in [6.45, 7) is 2.88. The molecule has 2 heterocycles. The van der Waals surface area contributed by atoms with Crippen LogP contribution in [0.2, 0.25) is 0 Å². The van der Waals surface area contributed by atoms with Crippen molar-refractivity contribution >= 4 is 5.69 Å². The number of anilines is 1. The van der Waals surface area contributed by atoms with Crippen molar-refractivity contribution in [3.8, 4) is 18.0 Å². The molecule has 1 N–H and O–H groups in total. The quantitative estimate of drug-likeness (QED) is 0.853. The van der Waals surface area contributed by atoms with Crippen LogP contribution in [0.15, 0.2) is 30.6 Å². The summed E-state index contributed by atoms with van der Waals surface area (Å²) in [7, 11) is 0. The number of hydrogen-bond donors (Lipinski definition) is 1. The van der Waals surface area contributed by atoms with Gasteiger partial charge in [0, 0.05) is 24.8 Å². The van der Waals surface area contributed by atoms with Gasteiger partial charge in [-0.25, -0.2) is 4.68 Å². The van der Waals surface area contributed by atoms with Gasteiger partial charge in [0.2, 0.25) is 0 Å². The van der Waals surface area contributed by atoms with Crippen LogP contribution in [-0.4, -0.2) is 50.8 Å². The minimum atomic E-state index is 0.512. The maximum atomic E-state index is 5.35. The molecule has 0 unspecified atom stereocenters. The van der Waals surface area contributed by atoms with Crippen LogP contribution in [0.3, 0.4) is 0 Å². The molecule has 0 radical (unpaired) electrons. The largest absolute Gasteiger partial charge is 0.382 e. The molecule has 1 aromatic carbocycles. The number of piperidine rings is 1. The molecule has 0 bridgehead atoms. The van der Waals surface area contributed by atoms with Crippen LogP contribution in [-0.2, 0) is 0 Å². The second-order valence-electron chi connectivity index (χ2n) is 5.20. The normalized spacial score (nSPS) is 16.5. The van der Waals surface area contributed by atoms with Crippen molar-refractivity contribution in [1.82, 2.24) is 25.1 Å². The standard InChI is InChI=1S/C15H18N6/c1-2-9-20-10-7-14(8-11-20)17-13-3-5-15(6-4-13)21-12-16-18-19-21/h1,3-6,12,14,17H,7-11H2. The molecule has 0 spiro atoms. The zero-order valence-corrected chi connectivity index (χ0v) is 11.8. The van der Waals surface area contributed by atoms with E-state index in [2.05, 4.69) is 43.8 Å². The van der Waals surface area contributed by atoms with E-state index in [0.717, 1.165) is 43.9 Å². The maximum Gasteiger partial charge on any atom is 0.143 e. The number of terminal acetylenes is 1. The highest BCUT2D eigenvalue weighted by Gasteiger charge is 2.18. The first-order valence-electron chi connectivity index (χ1n) is 7.11. The Morgan fingerprint density at radius 3 is 2.62 bits per heavy atom. The molecule has 6 heteroatoms. The van der Waals surface area contributed by atoms with Crippen molar-refractivity contribution in [2.45, 2.75) is 18.9 Å². The number of tetrazole rings is 1. The molecule has 2 aromatic rings. The van der Waals surface area contributed by atoms with Gasteiger partial charge in [0.1, 0.15) is 6.33 Å². The van der Waals surface area contributed by atoms with Gasteiger partial charge in [-0.15, -0.1) is 11.5 Å². The second-order valence-corrected chi connectivity index (χ2v) is 5.20. The van der Waals surface area contributed by atoms with E-state index in [9.17, 15) is 0 Å². The van der Waals surface area contributed by atoms with Gasteiger partial charge in [0.15, 0.2) is 0 Å². The molecule has 21 heavy (non-hydrogen) atoms. The summed E-state index contributed by atoms with van der Waals surface area (Å²) >= 11 is 0. The van der Waals surface area contributed by atoms with Gasteiger partial charge >= 0.3 is 0 Å². The average molecular weight is 282 g/mol. The van der Waals surface area contributed by atoms with Crippen molar-refractivity contribution in [3.05, 3.63) is 30.6 Å². The molecule has 108 valence electrons. The zero-order chi connectivity index (χ0) is 14.5. The van der Waals surface area contributed by atoms with Gasteiger partial charge in [-0.1, -0.05) is 5.92 Å². The van der Waals surface area contributed by atoms with Gasteiger partial charge in [0.05, 0.1) is 12.2 Å². The Morgan fingerprint density at radius 1 is 1.24 bits per heavy atom. The van der Waals surface area contributed by atoms with Crippen molar-refractivity contribution in [1.29, 1.82) is 0 Å². The van der Waals surface area contributed by atoms with Crippen LogP contribution in [0, 0.1) is 12.3 Å². The summed E-state index contributed by atoms with van der Waals surface area (Å²) in [6, 6.07) is 8.64. The highest BCUT2D eigenvalue weighted by atomic mass is 15.5. The highest BCUT2D eigenvalue weighted by molar-refractivity contribution is 5.49. The molecule has 3 rings (SSSR count). The fourth-order valence-electron chi connectivity index (χ4n) is 2.59. The lowest BCUT2D eigenvalue weighted by Crippen LogP contribution is -2.39.